The molecule has 9 nitrogen and oxygen atoms in total. The first kappa shape index (κ1) is 27.1. The lowest BCUT2D eigenvalue weighted by molar-refractivity contribution is 0.0101. The van der Waals surface area contributed by atoms with Crippen molar-refractivity contribution >= 4 is 6.09 Å². The van der Waals surface area contributed by atoms with Gasteiger partial charge in [0.05, 0.1) is 24.3 Å². The lowest BCUT2D eigenvalue weighted by Crippen LogP contribution is -2.42. The summed E-state index contributed by atoms with van der Waals surface area (Å²) in [7, 11) is 0. The summed E-state index contributed by atoms with van der Waals surface area (Å²) in [5.41, 5.74) is 3.23. The molecular formula is C29H34N4O5. The van der Waals surface area contributed by atoms with Crippen LogP contribution in [-0.2, 0) is 11.2 Å². The quantitative estimate of drug-likeness (QED) is 0.425. The number of rotatable bonds is 7. The van der Waals surface area contributed by atoms with Gasteiger partial charge in [0.1, 0.15) is 17.4 Å². The largest absolute Gasteiger partial charge is 0.490 e. The van der Waals surface area contributed by atoms with E-state index in [1.54, 1.807) is 23.1 Å². The number of aliphatic hydroxyl groups excluding tert-OH is 1. The van der Waals surface area contributed by atoms with Crippen LogP contribution < -0.4 is 4.74 Å². The fourth-order valence-electron chi connectivity index (χ4n) is 4.72. The Morgan fingerprint density at radius 3 is 2.76 bits per heavy atom. The zero-order valence-electron chi connectivity index (χ0n) is 22.5. The van der Waals surface area contributed by atoms with Crippen LogP contribution >= 0.6 is 0 Å². The van der Waals surface area contributed by atoms with Crippen molar-refractivity contribution in [1.29, 1.82) is 5.26 Å². The highest BCUT2D eigenvalue weighted by Crippen LogP contribution is 2.39. The first-order valence-electron chi connectivity index (χ1n) is 12.9. The lowest BCUT2D eigenvalue weighted by atomic mass is 9.84. The molecule has 0 bridgehead atoms. The van der Waals surface area contributed by atoms with E-state index in [9.17, 15) is 15.2 Å². The molecule has 1 amide bonds. The Balaban J connectivity index is 1.67. The maximum Gasteiger partial charge on any atom is 0.410 e. The molecule has 38 heavy (non-hydrogen) atoms. The average molecular weight is 519 g/mol. The molecule has 1 atom stereocenters. The number of hydrogen-bond acceptors (Lipinski definition) is 8. The van der Waals surface area contributed by atoms with Gasteiger partial charge in [-0.15, -0.1) is 0 Å². The van der Waals surface area contributed by atoms with Gasteiger partial charge in [0.25, 0.3) is 5.89 Å². The molecule has 1 N–H and O–H groups in total. The molecule has 0 saturated heterocycles. The zero-order chi connectivity index (χ0) is 27.4. The second-order valence-electron chi connectivity index (χ2n) is 10.6. The Labute approximate surface area is 223 Å². The second-order valence-corrected chi connectivity index (χ2v) is 10.6. The van der Waals surface area contributed by atoms with Crippen molar-refractivity contribution in [2.75, 3.05) is 13.2 Å². The molecule has 0 radical (unpaired) electrons. The van der Waals surface area contributed by atoms with E-state index in [1.165, 1.54) is 0 Å². The molecule has 2 aromatic carbocycles. The van der Waals surface area contributed by atoms with E-state index < -0.39 is 11.7 Å². The Bertz CT molecular complexity index is 1340. The van der Waals surface area contributed by atoms with E-state index >= 15 is 0 Å². The summed E-state index contributed by atoms with van der Waals surface area (Å²) in [6, 6.07) is 13.0. The van der Waals surface area contributed by atoms with E-state index in [0.717, 1.165) is 36.0 Å². The zero-order valence-corrected chi connectivity index (χ0v) is 22.5. The van der Waals surface area contributed by atoms with Crippen molar-refractivity contribution in [3.05, 3.63) is 53.1 Å². The van der Waals surface area contributed by atoms with Crippen LogP contribution in [-0.4, -0.2) is 51.1 Å². The minimum Gasteiger partial charge on any atom is -0.490 e. The number of nitriles is 1. The summed E-state index contributed by atoms with van der Waals surface area (Å²) in [6.07, 6.45) is 1.91. The van der Waals surface area contributed by atoms with Crippen molar-refractivity contribution in [2.45, 2.75) is 71.6 Å². The first-order chi connectivity index (χ1) is 18.1. The van der Waals surface area contributed by atoms with Gasteiger partial charge in [-0.2, -0.15) is 10.2 Å². The molecule has 0 fully saturated rings. The molecule has 1 aliphatic rings. The predicted octanol–water partition coefficient (Wildman–Crippen LogP) is 5.67. The molecule has 1 heterocycles. The van der Waals surface area contributed by atoms with Gasteiger partial charge >= 0.3 is 6.09 Å². The van der Waals surface area contributed by atoms with Gasteiger partial charge in [0.2, 0.25) is 5.82 Å². The van der Waals surface area contributed by atoms with Crippen LogP contribution in [0.4, 0.5) is 4.79 Å². The fraction of sp³-hybridized carbons (Fsp3) is 0.448. The monoisotopic (exact) mass is 518 g/mol. The van der Waals surface area contributed by atoms with Gasteiger partial charge in [0, 0.05) is 17.7 Å². The van der Waals surface area contributed by atoms with Crippen LogP contribution in [0.3, 0.4) is 0 Å². The SMILES string of the molecule is CC(C)Oc1ccc(-c2nc(-c3cccc4c3CCC[C@H]4N(CCO)C(=O)OC(C)(C)C)no2)cc1C#N. The lowest BCUT2D eigenvalue weighted by Gasteiger charge is -2.37. The second kappa shape index (κ2) is 11.2. The molecule has 0 spiro atoms. The highest BCUT2D eigenvalue weighted by atomic mass is 16.6. The van der Waals surface area contributed by atoms with E-state index in [4.69, 9.17) is 14.0 Å². The number of fused-ring (bicyclic) bond motifs is 1. The average Bonchev–Trinajstić information content (AvgIpc) is 3.35. The van der Waals surface area contributed by atoms with Crippen molar-refractivity contribution in [3.8, 4) is 34.7 Å². The van der Waals surface area contributed by atoms with E-state index in [-0.39, 0.29) is 25.3 Å². The standard InChI is InChI=1S/C29H34N4O5/c1-18(2)36-25-13-12-19(16-20(25)17-30)27-31-26(32-38-27)23-10-6-9-22-21(23)8-7-11-24(22)33(14-15-34)28(35)37-29(3,4)5/h6,9-10,12-13,16,18,24,34H,7-8,11,14-15H2,1-5H3/t24-/m1/s1. The summed E-state index contributed by atoms with van der Waals surface area (Å²) < 4.78 is 16.9. The Hall–Kier alpha value is -3.90. The molecule has 1 aromatic heterocycles. The number of hydrogen-bond donors (Lipinski definition) is 1. The molecular weight excluding hydrogens is 484 g/mol. The molecule has 3 aromatic rings. The van der Waals surface area contributed by atoms with E-state index in [0.29, 0.717) is 28.6 Å². The molecule has 0 unspecified atom stereocenters. The van der Waals surface area contributed by atoms with E-state index in [1.807, 2.05) is 52.8 Å². The topological polar surface area (TPSA) is 122 Å². The Kier molecular flexibility index (Phi) is 8.02. The number of ether oxygens (including phenoxy) is 2. The molecule has 200 valence electrons. The number of nitrogens with zero attached hydrogens (tertiary/aromatic N) is 4. The number of amides is 1. The van der Waals surface area contributed by atoms with Gasteiger partial charge in [-0.1, -0.05) is 23.4 Å². The van der Waals surface area contributed by atoms with Gasteiger partial charge in [0.15, 0.2) is 0 Å². The summed E-state index contributed by atoms with van der Waals surface area (Å²) in [6.45, 7) is 9.30. The minimum atomic E-state index is -0.643. The number of aromatic nitrogens is 2. The first-order valence-corrected chi connectivity index (χ1v) is 12.9. The van der Waals surface area contributed by atoms with Crippen molar-refractivity contribution in [3.63, 3.8) is 0 Å². The van der Waals surface area contributed by atoms with Crippen molar-refractivity contribution in [2.24, 2.45) is 0 Å². The highest BCUT2D eigenvalue weighted by molar-refractivity contribution is 5.71. The molecule has 0 aliphatic heterocycles. The number of aliphatic hydroxyl groups is 1. The number of benzene rings is 2. The minimum absolute atomic E-state index is 0.0559. The maximum absolute atomic E-state index is 13.0. The molecule has 9 heteroatoms. The third kappa shape index (κ3) is 5.97. The number of carbonyl (C=O) groups excluding carboxylic acids is 1. The van der Waals surface area contributed by atoms with Gasteiger partial charge in [-0.25, -0.2) is 4.79 Å². The summed E-state index contributed by atoms with van der Waals surface area (Å²) >= 11 is 0. The molecule has 1 aliphatic carbocycles. The third-order valence-electron chi connectivity index (χ3n) is 6.20. The van der Waals surface area contributed by atoms with Crippen molar-refractivity contribution in [1.82, 2.24) is 15.0 Å². The van der Waals surface area contributed by atoms with Gasteiger partial charge in [-0.05, 0) is 83.2 Å². The van der Waals surface area contributed by atoms with Crippen LogP contribution in [0.1, 0.15) is 70.2 Å². The highest BCUT2D eigenvalue weighted by Gasteiger charge is 2.33. The van der Waals surface area contributed by atoms with Crippen LogP contribution in [0, 0.1) is 11.3 Å². The van der Waals surface area contributed by atoms with Crippen LogP contribution in [0.5, 0.6) is 5.75 Å². The molecule has 4 rings (SSSR count). The molecule has 0 saturated carbocycles. The maximum atomic E-state index is 13.0. The fourth-order valence-corrected chi connectivity index (χ4v) is 4.72. The third-order valence-corrected chi connectivity index (χ3v) is 6.20. The van der Waals surface area contributed by atoms with E-state index in [2.05, 4.69) is 16.2 Å². The Morgan fingerprint density at radius 2 is 2.08 bits per heavy atom. The van der Waals surface area contributed by atoms with Crippen LogP contribution in [0.2, 0.25) is 0 Å². The predicted molar refractivity (Wildman–Crippen MR) is 141 cm³/mol. The number of carbonyl (C=O) groups is 1. The van der Waals surface area contributed by atoms with Gasteiger partial charge in [-0.3, -0.25) is 4.90 Å². The van der Waals surface area contributed by atoms with Crippen LogP contribution in [0.15, 0.2) is 40.9 Å². The summed E-state index contributed by atoms with van der Waals surface area (Å²) in [5.74, 6) is 1.24. The summed E-state index contributed by atoms with van der Waals surface area (Å²) in [4.78, 5) is 19.3. The normalized spacial score (nSPS) is 15.1. The summed E-state index contributed by atoms with van der Waals surface area (Å²) in [5, 5.41) is 23.5. The van der Waals surface area contributed by atoms with Gasteiger partial charge < -0.3 is 19.1 Å². The van der Waals surface area contributed by atoms with Crippen LogP contribution in [0.25, 0.3) is 22.8 Å². The van der Waals surface area contributed by atoms with Crippen molar-refractivity contribution < 1.29 is 23.9 Å². The Morgan fingerprint density at radius 1 is 1.29 bits per heavy atom. The smallest absolute Gasteiger partial charge is 0.410 e.